The molecule has 0 aromatic rings. The molecule has 0 aliphatic carbocycles. The maximum Gasteiger partial charge on any atom is 0.322 e. The fourth-order valence-electron chi connectivity index (χ4n) is 0.808. The molecule has 7 heteroatoms. The largest absolute Gasteiger partial charge is 0.465 e. The van der Waals surface area contributed by atoms with Gasteiger partial charge in [-0.1, -0.05) is 0 Å². The molecule has 0 atom stereocenters. The van der Waals surface area contributed by atoms with Crippen molar-refractivity contribution in [2.45, 2.75) is 13.3 Å². The van der Waals surface area contributed by atoms with Gasteiger partial charge in [0.25, 0.3) is 0 Å². The topological polar surface area (TPSA) is 87.5 Å². The fourth-order valence-corrected chi connectivity index (χ4v) is 1.78. The van der Waals surface area contributed by atoms with Gasteiger partial charge in [0.2, 0.25) is 10.0 Å². The summed E-state index contributed by atoms with van der Waals surface area (Å²) in [6.45, 7) is 1.83. The van der Waals surface area contributed by atoms with Gasteiger partial charge in [-0.25, -0.2) is 12.7 Å². The Morgan fingerprint density at radius 1 is 1.53 bits per heavy atom. The zero-order chi connectivity index (χ0) is 11.9. The summed E-state index contributed by atoms with van der Waals surface area (Å²) >= 11 is 0. The van der Waals surface area contributed by atoms with Crippen LogP contribution in [0.3, 0.4) is 0 Å². The molecule has 0 saturated heterocycles. The molecule has 0 fully saturated rings. The number of nitrogens with zero attached hydrogens (tertiary/aromatic N) is 2. The van der Waals surface area contributed by atoms with Crippen LogP contribution in [-0.4, -0.2) is 44.6 Å². The van der Waals surface area contributed by atoms with Crippen LogP contribution in [0.25, 0.3) is 0 Å². The molecule has 0 rings (SSSR count). The Bertz CT molecular complexity index is 344. The second kappa shape index (κ2) is 6.37. The van der Waals surface area contributed by atoms with Crippen LogP contribution >= 0.6 is 0 Å². The molecule has 0 amide bonds. The SMILES string of the molecule is CCOC(=O)CS(=O)(=O)N(C)CCC#N. The number of hydrogen-bond donors (Lipinski definition) is 0. The van der Waals surface area contributed by atoms with Gasteiger partial charge >= 0.3 is 5.97 Å². The van der Waals surface area contributed by atoms with Gasteiger partial charge in [0.05, 0.1) is 12.7 Å². The van der Waals surface area contributed by atoms with Crippen molar-refractivity contribution >= 4 is 16.0 Å². The fraction of sp³-hybridized carbons (Fsp3) is 0.750. The molecule has 0 aromatic carbocycles. The normalized spacial score (nSPS) is 11.1. The van der Waals surface area contributed by atoms with Crippen LogP contribution in [0, 0.1) is 11.3 Å². The molecule has 0 spiro atoms. The molecular weight excluding hydrogens is 220 g/mol. The van der Waals surface area contributed by atoms with Crippen molar-refractivity contribution in [3.8, 4) is 6.07 Å². The molecule has 0 aromatic heterocycles. The molecular formula is C8H14N2O4S. The van der Waals surface area contributed by atoms with Crippen molar-refractivity contribution in [1.29, 1.82) is 5.26 Å². The highest BCUT2D eigenvalue weighted by atomic mass is 32.2. The smallest absolute Gasteiger partial charge is 0.322 e. The van der Waals surface area contributed by atoms with E-state index in [1.165, 1.54) is 7.05 Å². The summed E-state index contributed by atoms with van der Waals surface area (Å²) in [7, 11) is -2.32. The average molecular weight is 234 g/mol. The van der Waals surface area contributed by atoms with Crippen LogP contribution in [0.5, 0.6) is 0 Å². The van der Waals surface area contributed by atoms with Gasteiger partial charge in [0.1, 0.15) is 0 Å². The summed E-state index contributed by atoms with van der Waals surface area (Å²) in [5.74, 6) is -1.45. The van der Waals surface area contributed by atoms with Crippen LogP contribution in [0.15, 0.2) is 0 Å². The van der Waals surface area contributed by atoms with Crippen molar-refractivity contribution in [3.63, 3.8) is 0 Å². The first-order valence-corrected chi connectivity index (χ1v) is 6.01. The van der Waals surface area contributed by atoms with E-state index in [9.17, 15) is 13.2 Å². The monoisotopic (exact) mass is 234 g/mol. The lowest BCUT2D eigenvalue weighted by Crippen LogP contribution is -2.33. The molecule has 0 aliphatic rings. The third-order valence-corrected chi connectivity index (χ3v) is 3.35. The van der Waals surface area contributed by atoms with Crippen molar-refractivity contribution in [3.05, 3.63) is 0 Å². The van der Waals surface area contributed by atoms with Crippen molar-refractivity contribution in [1.82, 2.24) is 4.31 Å². The summed E-state index contributed by atoms with van der Waals surface area (Å²) in [6, 6.07) is 1.83. The van der Waals surface area contributed by atoms with Gasteiger partial charge in [0.15, 0.2) is 5.75 Å². The Morgan fingerprint density at radius 2 is 2.13 bits per heavy atom. The van der Waals surface area contributed by atoms with E-state index in [1.807, 2.05) is 6.07 Å². The van der Waals surface area contributed by atoms with Crippen LogP contribution in [-0.2, 0) is 19.6 Å². The van der Waals surface area contributed by atoms with Crippen LogP contribution in [0.4, 0.5) is 0 Å². The first-order valence-electron chi connectivity index (χ1n) is 4.40. The molecule has 6 nitrogen and oxygen atoms in total. The Labute approximate surface area is 89.5 Å². The molecule has 0 radical (unpaired) electrons. The maximum absolute atomic E-state index is 11.4. The summed E-state index contributed by atoms with van der Waals surface area (Å²) in [5.41, 5.74) is 0. The first kappa shape index (κ1) is 13.9. The van der Waals surface area contributed by atoms with E-state index in [0.29, 0.717) is 0 Å². The number of carbonyl (C=O) groups excluding carboxylic acids is 1. The highest BCUT2D eigenvalue weighted by Gasteiger charge is 2.22. The van der Waals surface area contributed by atoms with Gasteiger partial charge in [-0.2, -0.15) is 5.26 Å². The molecule has 0 N–H and O–H groups in total. The van der Waals surface area contributed by atoms with E-state index < -0.39 is 21.7 Å². The van der Waals surface area contributed by atoms with Gasteiger partial charge in [-0.05, 0) is 6.92 Å². The van der Waals surface area contributed by atoms with E-state index in [4.69, 9.17) is 5.26 Å². The Balaban J connectivity index is 4.30. The number of sulfonamides is 1. The number of carbonyl (C=O) groups is 1. The van der Waals surface area contributed by atoms with Gasteiger partial charge in [-0.3, -0.25) is 4.79 Å². The van der Waals surface area contributed by atoms with Crippen LogP contribution in [0.1, 0.15) is 13.3 Å². The molecule has 15 heavy (non-hydrogen) atoms. The zero-order valence-corrected chi connectivity index (χ0v) is 9.58. The third kappa shape index (κ3) is 5.34. The second-order valence-corrected chi connectivity index (χ2v) is 4.87. The minimum atomic E-state index is -3.65. The van der Waals surface area contributed by atoms with E-state index in [0.717, 1.165) is 4.31 Å². The lowest BCUT2D eigenvalue weighted by molar-refractivity contribution is -0.140. The Hall–Kier alpha value is -1.13. The van der Waals surface area contributed by atoms with Gasteiger partial charge in [0, 0.05) is 20.0 Å². The highest BCUT2D eigenvalue weighted by Crippen LogP contribution is 2.00. The van der Waals surface area contributed by atoms with Crippen LogP contribution in [0.2, 0.25) is 0 Å². The van der Waals surface area contributed by atoms with Gasteiger partial charge in [-0.15, -0.1) is 0 Å². The Kier molecular flexibility index (Phi) is 5.89. The molecule has 0 unspecified atom stereocenters. The van der Waals surface area contributed by atoms with Crippen molar-refractivity contribution in [2.24, 2.45) is 0 Å². The van der Waals surface area contributed by atoms with E-state index in [-0.39, 0.29) is 19.6 Å². The number of esters is 1. The molecule has 0 bridgehead atoms. The van der Waals surface area contributed by atoms with E-state index in [1.54, 1.807) is 6.92 Å². The summed E-state index contributed by atoms with van der Waals surface area (Å²) in [6.07, 6.45) is 0.0958. The van der Waals surface area contributed by atoms with E-state index >= 15 is 0 Å². The quantitative estimate of drug-likeness (QED) is 0.590. The van der Waals surface area contributed by atoms with Crippen molar-refractivity contribution in [2.75, 3.05) is 26.0 Å². The maximum atomic E-state index is 11.4. The molecule has 86 valence electrons. The molecule has 0 heterocycles. The van der Waals surface area contributed by atoms with Crippen molar-refractivity contribution < 1.29 is 17.9 Å². The highest BCUT2D eigenvalue weighted by molar-refractivity contribution is 7.89. The lowest BCUT2D eigenvalue weighted by Gasteiger charge is -2.14. The number of rotatable bonds is 6. The molecule has 0 saturated carbocycles. The second-order valence-electron chi connectivity index (χ2n) is 2.79. The average Bonchev–Trinajstić information content (AvgIpc) is 2.13. The standard InChI is InChI=1S/C8H14N2O4S/c1-3-14-8(11)7-15(12,13)10(2)6-4-5-9/h3-4,6-7H2,1-2H3. The molecule has 0 aliphatic heterocycles. The van der Waals surface area contributed by atoms with Crippen LogP contribution < -0.4 is 0 Å². The number of ether oxygens (including phenoxy) is 1. The summed E-state index contributed by atoms with van der Waals surface area (Å²) in [5, 5.41) is 8.28. The number of hydrogen-bond acceptors (Lipinski definition) is 5. The Morgan fingerprint density at radius 3 is 2.60 bits per heavy atom. The summed E-state index contributed by atoms with van der Waals surface area (Å²) < 4.78 is 28.4. The van der Waals surface area contributed by atoms with E-state index in [2.05, 4.69) is 4.74 Å². The lowest BCUT2D eigenvalue weighted by atomic mass is 10.5. The predicted molar refractivity (Wildman–Crippen MR) is 53.3 cm³/mol. The van der Waals surface area contributed by atoms with Gasteiger partial charge < -0.3 is 4.74 Å². The minimum Gasteiger partial charge on any atom is -0.465 e. The minimum absolute atomic E-state index is 0.0816. The zero-order valence-electron chi connectivity index (χ0n) is 8.76. The summed E-state index contributed by atoms with van der Waals surface area (Å²) in [4.78, 5) is 10.9. The third-order valence-electron chi connectivity index (χ3n) is 1.62. The number of nitriles is 1. The first-order chi connectivity index (χ1) is 6.94. The predicted octanol–water partition coefficient (Wildman–Crippen LogP) is -0.275.